The van der Waals surface area contributed by atoms with Crippen LogP contribution in [0.4, 0.5) is 4.79 Å². The van der Waals surface area contributed by atoms with E-state index in [1.54, 1.807) is 70.0 Å². The number of hydrogen-bond donors (Lipinski definition) is 5. The van der Waals surface area contributed by atoms with Gasteiger partial charge in [-0.15, -0.1) is 22.7 Å². The van der Waals surface area contributed by atoms with Crippen molar-refractivity contribution in [3.63, 3.8) is 0 Å². The Bertz CT molecular complexity index is 5480. The lowest BCUT2D eigenvalue weighted by Gasteiger charge is -2.35. The molecule has 0 aromatic carbocycles. The van der Waals surface area contributed by atoms with Gasteiger partial charge in [0.2, 0.25) is 32.0 Å². The minimum absolute atomic E-state index is 0.0264. The van der Waals surface area contributed by atoms with Gasteiger partial charge in [0, 0.05) is 113 Å². The van der Waals surface area contributed by atoms with Crippen LogP contribution in [-0.2, 0) is 76.7 Å². The van der Waals surface area contributed by atoms with Crippen molar-refractivity contribution in [3.8, 4) is 10.6 Å². The van der Waals surface area contributed by atoms with Crippen molar-refractivity contribution in [1.29, 1.82) is 0 Å². The van der Waals surface area contributed by atoms with Crippen LogP contribution in [0.3, 0.4) is 0 Å². The van der Waals surface area contributed by atoms with Gasteiger partial charge < -0.3 is 53.4 Å². The van der Waals surface area contributed by atoms with Crippen molar-refractivity contribution in [2.75, 3.05) is 45.4 Å². The van der Waals surface area contributed by atoms with E-state index in [9.17, 15) is 31.7 Å². The van der Waals surface area contributed by atoms with Crippen LogP contribution in [0.2, 0.25) is 87.1 Å². The molecule has 2 aliphatic heterocycles. The summed E-state index contributed by atoms with van der Waals surface area (Å²) < 4.78 is 82.0. The van der Waals surface area contributed by atoms with Crippen LogP contribution in [-0.4, -0.2) is 179 Å². The molecule has 11 aromatic rings. The van der Waals surface area contributed by atoms with Gasteiger partial charge in [-0.2, -0.15) is 0 Å². The van der Waals surface area contributed by atoms with Crippen LogP contribution in [0, 0.1) is 0 Å². The average Bonchev–Trinajstić information content (AvgIpc) is 1.70. The van der Waals surface area contributed by atoms with E-state index in [1.807, 2.05) is 104 Å². The molecule has 1 aliphatic carbocycles. The molecule has 13 heterocycles. The number of allylic oxidation sites excluding steroid dienone is 1. The molecule has 0 spiro atoms. The van der Waals surface area contributed by atoms with Gasteiger partial charge in [-0.25, -0.2) is 40.2 Å². The van der Waals surface area contributed by atoms with E-state index < -0.39 is 74.2 Å². The highest BCUT2D eigenvalue weighted by molar-refractivity contribution is 7.90. The van der Waals surface area contributed by atoms with Gasteiger partial charge in [-0.05, 0) is 161 Å². The lowest BCUT2D eigenvalue weighted by molar-refractivity contribution is 0.0558. The first-order valence-electron chi connectivity index (χ1n) is 36.9. The van der Waals surface area contributed by atoms with Gasteiger partial charge in [-0.1, -0.05) is 88.2 Å². The molecule has 0 saturated carbocycles. The van der Waals surface area contributed by atoms with Crippen LogP contribution in [0.15, 0.2) is 150 Å². The number of thiophene rings is 2. The second kappa shape index (κ2) is 36.1. The van der Waals surface area contributed by atoms with Gasteiger partial charge in [0.25, 0.3) is 0 Å². The molecule has 26 nitrogen and oxygen atoms in total. The van der Waals surface area contributed by atoms with E-state index in [0.717, 1.165) is 105 Å². The second-order valence-electron chi connectivity index (χ2n) is 32.8. The van der Waals surface area contributed by atoms with E-state index >= 15 is 0 Å². The molecular formula is C77H102BCl2N15O11S4Si3. The quantitative estimate of drug-likeness (QED) is 0.0350. The molecular weight excluding hydrogens is 1610 g/mol. The minimum atomic E-state index is -3.84. The van der Waals surface area contributed by atoms with Crippen molar-refractivity contribution in [1.82, 2.24) is 57.5 Å². The van der Waals surface area contributed by atoms with Crippen molar-refractivity contribution in [2.24, 2.45) is 15.7 Å². The molecule has 36 heteroatoms. The number of guanidine groups is 2. The fraction of sp³-hybridized carbons (Fsp3) is 0.403. The van der Waals surface area contributed by atoms with Gasteiger partial charge in [0.1, 0.15) is 36.9 Å². The lowest BCUT2D eigenvalue weighted by Crippen LogP contribution is -2.53. The summed E-state index contributed by atoms with van der Waals surface area (Å²) >= 11 is 16.1. The third kappa shape index (κ3) is 23.0. The normalized spacial score (nSPS) is 17.4. The molecule has 3 aliphatic rings. The zero-order valence-electron chi connectivity index (χ0n) is 66.8. The molecule has 0 fully saturated rings. The Morgan fingerprint density at radius 1 is 0.628 bits per heavy atom. The van der Waals surface area contributed by atoms with Gasteiger partial charge in [0.05, 0.1) is 97.3 Å². The molecule has 6 N–H and O–H groups in total. The summed E-state index contributed by atoms with van der Waals surface area (Å²) in [6, 6.07) is 34.2. The number of aliphatic imine (C=N–C) groups is 2. The fourth-order valence-electron chi connectivity index (χ4n) is 12.2. The highest BCUT2D eigenvalue weighted by Crippen LogP contribution is 2.47. The number of nitrogens with zero attached hydrogens (tertiary/aromatic N) is 12. The smallest absolute Gasteiger partial charge is 0.444 e. The first-order valence-corrected chi connectivity index (χ1v) is 53.6. The summed E-state index contributed by atoms with van der Waals surface area (Å²) in [6.45, 7) is 33.0. The molecule has 11 aromatic heterocycles. The number of aromatic amines is 1. The zero-order valence-corrected chi connectivity index (χ0v) is 74.6. The monoisotopic (exact) mass is 1710 g/mol. The summed E-state index contributed by atoms with van der Waals surface area (Å²) in [5, 5.41) is 22.3. The summed E-state index contributed by atoms with van der Waals surface area (Å²) in [4.78, 5) is 49.3. The first kappa shape index (κ1) is 87.4. The van der Waals surface area contributed by atoms with E-state index in [4.69, 9.17) is 47.9 Å². The third-order valence-corrected chi connectivity index (χ3v) is 31.1. The minimum Gasteiger partial charge on any atom is -0.444 e. The van der Waals surface area contributed by atoms with E-state index in [-0.39, 0.29) is 23.4 Å². The molecule has 2 atom stereocenters. The molecule has 14 rings (SSSR count). The SMILES string of the molecule is CN1C(N)=N[C@](C)(c2sc(C3=Cc4ncccc4C3)cc2Cl)CS1(=O)=O.CN1C(NC(=O)OC(C)(C)C)=N[C@](C)(c2sc(-c3cc4ncccc4n3COCC[Si](C)(C)C)cc2Cl)CS1(=O)=O.C[Si](C)(C)CCOCn1c(B(O)O)cc2ncccc21.C[Si](C)(C)CCOCn1ccc2ncccc21.c1cnc2cc[nH]c2c1. The second-order valence-corrected chi connectivity index (χ2v) is 56.6. The maximum Gasteiger partial charge on any atom is 0.506 e. The van der Waals surface area contributed by atoms with Crippen LogP contribution in [0.25, 0.3) is 66.4 Å². The van der Waals surface area contributed by atoms with Crippen LogP contribution in [0.5, 0.6) is 0 Å². The first-order chi connectivity index (χ1) is 53.0. The number of aromatic nitrogens is 9. The van der Waals surface area contributed by atoms with Crippen LogP contribution in [0.1, 0.15) is 60.5 Å². The van der Waals surface area contributed by atoms with Gasteiger partial charge in [-0.3, -0.25) is 30.2 Å². The molecule has 0 radical (unpaired) electrons. The maximum absolute atomic E-state index is 13.2. The number of nitrogens with two attached hydrogens (primary N) is 1. The Hall–Kier alpha value is -7.94. The van der Waals surface area contributed by atoms with E-state index in [2.05, 4.69) is 125 Å². The summed E-state index contributed by atoms with van der Waals surface area (Å²) in [6.07, 6.45) is 14.8. The highest BCUT2D eigenvalue weighted by Gasteiger charge is 2.45. The van der Waals surface area contributed by atoms with Crippen molar-refractivity contribution in [2.45, 2.75) is 155 Å². The predicted molar refractivity (Wildman–Crippen MR) is 467 cm³/mol. The van der Waals surface area contributed by atoms with Crippen molar-refractivity contribution >= 4 is 177 Å². The molecule has 604 valence electrons. The third-order valence-electron chi connectivity index (χ3n) is 18.4. The maximum atomic E-state index is 13.2. The number of pyridine rings is 5. The van der Waals surface area contributed by atoms with Gasteiger partial charge in [0.15, 0.2) is 0 Å². The Morgan fingerprint density at radius 3 is 1.69 bits per heavy atom. The number of hydrogen-bond acceptors (Lipinski definition) is 21. The summed E-state index contributed by atoms with van der Waals surface area (Å²) in [5.74, 6) is -0.646. The number of amides is 1. The van der Waals surface area contributed by atoms with Crippen LogP contribution >= 0.6 is 45.9 Å². The molecule has 1 amide bonds. The molecule has 0 bridgehead atoms. The zero-order chi connectivity index (χ0) is 82.2. The highest BCUT2D eigenvalue weighted by atomic mass is 35.5. The number of rotatable bonds is 20. The van der Waals surface area contributed by atoms with E-state index in [0.29, 0.717) is 58.8 Å². The topological polar surface area (TPSA) is 327 Å². The number of alkyl carbamates (subject to hydrolysis) is 1. The molecule has 113 heavy (non-hydrogen) atoms. The predicted octanol–water partition coefficient (Wildman–Crippen LogP) is 14.7. The average molecular weight is 1710 g/mol. The lowest BCUT2D eigenvalue weighted by atomic mass is 9.86. The number of carbonyl (C=O) groups is 1. The Labute approximate surface area is 682 Å². The number of carbonyl (C=O) groups excluding carboxylic acids is 1. The number of sulfonamides is 2. The Balaban J connectivity index is 0.000000161. The largest absolute Gasteiger partial charge is 0.506 e. The Morgan fingerprint density at radius 2 is 1.12 bits per heavy atom. The number of H-pyrrole nitrogens is 1. The van der Waals surface area contributed by atoms with Gasteiger partial charge >= 0.3 is 13.2 Å². The van der Waals surface area contributed by atoms with E-state index in [1.165, 1.54) is 48.4 Å². The standard InChI is InChI=1S/C27H38ClN5O5S2Si.C17H17ClN4O2S2.C13H21BN2O3Si.C13H20N2OSi.C7H6N2/c1-26(2,3)38-25(34)30-24-31-27(4,16-40(35,36)32(24)5)23-18(28)14-22(39-23)21-15-19-20(10-9-11-29-19)33(21)17-37-12-13-41(6,7)8;1-17(9-26(23,24)22(2)16(19)21-17)15-12(18)8-14(25-15)11-6-10-4-3-5-20-13(10)7-11;1-20(2,3)8-7-19-10-16-12-5-4-6-15-11(12)9-13(16)14(17)18;1-17(2,3)10-9-16-11-15-8-6-12-13(15)5-4-7-14-12;1-2-6-7(8-4-1)3-5-9-6/h9-11,14-15H,12-13,16-17H2,1-8H3,(H,30,31,34);3-5,7-8H,6,9H2,1-2H3,(H2,19,21);4-6,9,17-18H,7-8,10H2,1-3H3;4-8H,9-11H2,1-3H3;1-5,9H/t27-;17-;;;/m00.../s1. The molecule has 0 unspecified atom stereocenters. The number of ether oxygens (including phenoxy) is 4. The van der Waals surface area contributed by atoms with Crippen molar-refractivity contribution in [3.05, 3.63) is 176 Å². The summed E-state index contributed by atoms with van der Waals surface area (Å²) in [5.41, 5.74) is 15.0. The summed E-state index contributed by atoms with van der Waals surface area (Å²) in [7, 11) is -9.48. The van der Waals surface area contributed by atoms with Crippen molar-refractivity contribution < 1.29 is 50.6 Å². The molecule has 0 saturated heterocycles. The number of fused-ring (bicyclic) bond motifs is 5. The number of nitrogens with one attached hydrogen (secondary N) is 2. The fourth-order valence-corrected chi connectivity index (χ4v) is 20.8. The van der Waals surface area contributed by atoms with Crippen LogP contribution < -0.4 is 16.6 Å². The Kier molecular flexibility index (Phi) is 27.9. The number of halogens is 2.